The van der Waals surface area contributed by atoms with Crippen LogP contribution >= 0.6 is 0 Å². The van der Waals surface area contributed by atoms with Gasteiger partial charge < -0.3 is 0 Å². The topological polar surface area (TPSA) is 37.4 Å². The van der Waals surface area contributed by atoms with Gasteiger partial charge in [-0.1, -0.05) is 0 Å². The average molecular weight is 158 g/mol. The highest BCUT2D eigenvalue weighted by molar-refractivity contribution is 7.90. The predicted molar refractivity (Wildman–Crippen MR) is 38.7 cm³/mol. The van der Waals surface area contributed by atoms with Crippen molar-refractivity contribution in [2.75, 3.05) is 6.54 Å². The van der Waals surface area contributed by atoms with Crippen LogP contribution in [0.2, 0.25) is 0 Å². The van der Waals surface area contributed by atoms with Crippen LogP contribution in [0.15, 0.2) is 0 Å². The smallest absolute Gasteiger partial charge is 0.274 e. The van der Waals surface area contributed by atoms with E-state index in [-0.39, 0.29) is 22.3 Å². The third-order valence-electron chi connectivity index (χ3n) is 1.88. The Kier molecular flexibility index (Phi) is 1.09. The van der Waals surface area contributed by atoms with Gasteiger partial charge in [-0.05, 0) is 6.92 Å². The van der Waals surface area contributed by atoms with Crippen molar-refractivity contribution in [2.24, 2.45) is 0 Å². The Morgan fingerprint density at radius 3 is 2.20 bits per heavy atom. The van der Waals surface area contributed by atoms with E-state index in [0.717, 1.165) is 11.8 Å². The Morgan fingerprint density at radius 1 is 1.40 bits per heavy atom. The maximum absolute atomic E-state index is 11.1. The molecule has 2 aliphatic heterocycles. The number of hydrogen-bond donors (Lipinski definition) is 0. The summed E-state index contributed by atoms with van der Waals surface area (Å²) in [4.78, 5) is 23.5. The lowest BCUT2D eigenvalue weighted by molar-refractivity contribution is -0.138. The van der Waals surface area contributed by atoms with E-state index in [0.29, 0.717) is 6.54 Å². The Hall–Kier alpha value is -0.510. The summed E-state index contributed by atoms with van der Waals surface area (Å²) in [6.07, 6.45) is 0. The Morgan fingerprint density at radius 2 is 1.90 bits per heavy atom. The molecule has 2 atom stereocenters. The van der Waals surface area contributed by atoms with Gasteiger partial charge in [-0.2, -0.15) is 0 Å². The molecule has 3 nitrogen and oxygen atoms in total. The predicted octanol–water partition coefficient (Wildman–Crippen LogP) is -1.06. The van der Waals surface area contributed by atoms with E-state index in [9.17, 15) is 9.59 Å². The van der Waals surface area contributed by atoms with Gasteiger partial charge >= 0.3 is 0 Å². The van der Waals surface area contributed by atoms with E-state index >= 15 is 0 Å². The Balaban J connectivity index is 2.23. The SMILES string of the molecule is CCN1C(=O)[C@H]2[SH+][C@H]2C1=O. The van der Waals surface area contributed by atoms with Gasteiger partial charge in [-0.3, -0.25) is 14.5 Å². The molecule has 0 N–H and O–H groups in total. The van der Waals surface area contributed by atoms with Gasteiger partial charge in [0, 0.05) is 18.3 Å². The molecule has 0 radical (unpaired) electrons. The van der Waals surface area contributed by atoms with E-state index in [1.807, 2.05) is 6.92 Å². The maximum atomic E-state index is 11.1. The fourth-order valence-electron chi connectivity index (χ4n) is 1.26. The fraction of sp³-hybridized carbons (Fsp3) is 0.667. The minimum Gasteiger partial charge on any atom is -0.274 e. The van der Waals surface area contributed by atoms with Crippen molar-refractivity contribution in [2.45, 2.75) is 17.4 Å². The van der Waals surface area contributed by atoms with E-state index in [2.05, 4.69) is 0 Å². The van der Waals surface area contributed by atoms with Crippen LogP contribution in [0.5, 0.6) is 0 Å². The van der Waals surface area contributed by atoms with E-state index in [4.69, 9.17) is 0 Å². The summed E-state index contributed by atoms with van der Waals surface area (Å²) in [7, 11) is 0. The molecule has 0 aromatic rings. The van der Waals surface area contributed by atoms with Crippen molar-refractivity contribution in [3.8, 4) is 0 Å². The number of likely N-dealkylation sites (tertiary alicyclic amines) is 1. The normalized spacial score (nSPS) is 36.7. The maximum Gasteiger partial charge on any atom is 0.288 e. The zero-order chi connectivity index (χ0) is 7.30. The molecular weight excluding hydrogens is 150 g/mol. The quantitative estimate of drug-likeness (QED) is 0.211. The molecule has 2 rings (SSSR count). The minimum absolute atomic E-state index is 0.0409. The molecule has 0 aromatic carbocycles. The first-order valence-corrected chi connectivity index (χ1v) is 4.34. The zero-order valence-corrected chi connectivity index (χ0v) is 6.47. The van der Waals surface area contributed by atoms with Crippen LogP contribution in [-0.4, -0.2) is 33.8 Å². The van der Waals surface area contributed by atoms with Gasteiger partial charge in [0.15, 0.2) is 0 Å². The number of fused-ring (bicyclic) bond motifs is 1. The average Bonchev–Trinajstić information content (AvgIpc) is 2.62. The van der Waals surface area contributed by atoms with Gasteiger partial charge in [0.2, 0.25) is 0 Å². The van der Waals surface area contributed by atoms with Gasteiger partial charge in [0.05, 0.1) is 0 Å². The van der Waals surface area contributed by atoms with Gasteiger partial charge in [-0.15, -0.1) is 0 Å². The molecule has 2 aliphatic rings. The lowest BCUT2D eigenvalue weighted by Crippen LogP contribution is -2.34. The van der Waals surface area contributed by atoms with Crippen molar-refractivity contribution in [1.82, 2.24) is 4.90 Å². The molecule has 0 spiro atoms. The van der Waals surface area contributed by atoms with E-state index in [1.54, 1.807) is 0 Å². The molecule has 0 bridgehead atoms. The van der Waals surface area contributed by atoms with E-state index < -0.39 is 0 Å². The molecule has 2 heterocycles. The monoisotopic (exact) mass is 158 g/mol. The van der Waals surface area contributed by atoms with Crippen molar-refractivity contribution < 1.29 is 9.59 Å². The summed E-state index contributed by atoms with van der Waals surface area (Å²) < 4.78 is 0. The van der Waals surface area contributed by atoms with Gasteiger partial charge in [0.25, 0.3) is 22.3 Å². The van der Waals surface area contributed by atoms with Crippen LogP contribution in [0.4, 0.5) is 0 Å². The first kappa shape index (κ1) is 6.22. The van der Waals surface area contributed by atoms with Crippen molar-refractivity contribution in [3.63, 3.8) is 0 Å². The summed E-state index contributed by atoms with van der Waals surface area (Å²) >= 11 is 1.03. The lowest BCUT2D eigenvalue weighted by atomic mass is 10.4. The van der Waals surface area contributed by atoms with Crippen LogP contribution < -0.4 is 0 Å². The number of thiol groups is 1. The molecule has 2 saturated heterocycles. The van der Waals surface area contributed by atoms with Gasteiger partial charge in [-0.25, -0.2) is 0 Å². The van der Waals surface area contributed by atoms with Crippen LogP contribution in [-0.2, 0) is 21.4 Å². The number of rotatable bonds is 1. The van der Waals surface area contributed by atoms with E-state index in [1.165, 1.54) is 4.90 Å². The molecule has 10 heavy (non-hydrogen) atoms. The molecule has 2 fully saturated rings. The minimum atomic E-state index is 0.0409. The molecule has 2 amide bonds. The van der Waals surface area contributed by atoms with Crippen LogP contribution in [0.1, 0.15) is 6.92 Å². The molecule has 54 valence electrons. The highest BCUT2D eigenvalue weighted by atomic mass is 32.2. The summed E-state index contributed by atoms with van der Waals surface area (Å²) in [6, 6.07) is 0. The van der Waals surface area contributed by atoms with Gasteiger partial charge in [0.1, 0.15) is 0 Å². The second kappa shape index (κ2) is 1.75. The summed E-state index contributed by atoms with van der Waals surface area (Å²) in [5, 5.41) is 0.0971. The number of nitrogens with zero attached hydrogens (tertiary/aromatic N) is 1. The molecular formula is C6H8NO2S+. The Bertz CT molecular complexity index is 196. The lowest BCUT2D eigenvalue weighted by Gasteiger charge is -2.08. The molecule has 0 aliphatic carbocycles. The number of carbonyl (C=O) groups is 2. The summed E-state index contributed by atoms with van der Waals surface area (Å²) in [6.45, 7) is 2.37. The number of imide groups is 1. The molecule has 0 unspecified atom stereocenters. The first-order valence-electron chi connectivity index (χ1n) is 3.31. The second-order valence-electron chi connectivity index (χ2n) is 2.46. The highest BCUT2D eigenvalue weighted by Gasteiger charge is 2.69. The summed E-state index contributed by atoms with van der Waals surface area (Å²) in [5.41, 5.74) is 0. The van der Waals surface area contributed by atoms with Crippen molar-refractivity contribution in [1.29, 1.82) is 0 Å². The second-order valence-corrected chi connectivity index (χ2v) is 3.87. The highest BCUT2D eigenvalue weighted by Crippen LogP contribution is 2.33. The summed E-state index contributed by atoms with van der Waals surface area (Å²) in [5.74, 6) is 0.0818. The van der Waals surface area contributed by atoms with Crippen LogP contribution in [0, 0.1) is 0 Å². The third kappa shape index (κ3) is 0.572. The molecule has 0 saturated carbocycles. The first-order chi connectivity index (χ1) is 4.75. The third-order valence-corrected chi connectivity index (χ3v) is 3.22. The van der Waals surface area contributed by atoms with Crippen LogP contribution in [0.3, 0.4) is 0 Å². The molecule has 0 aromatic heterocycles. The van der Waals surface area contributed by atoms with Crippen molar-refractivity contribution in [3.05, 3.63) is 0 Å². The number of amides is 2. The number of hydrogen-bond acceptors (Lipinski definition) is 2. The largest absolute Gasteiger partial charge is 0.288 e. The number of carbonyl (C=O) groups excluding carboxylic acids is 2. The van der Waals surface area contributed by atoms with Crippen molar-refractivity contribution >= 4 is 23.6 Å². The standard InChI is InChI=1S/C6H7NO2S/c1-2-7-5(8)3-4(10-3)6(7)9/h3-4H,2H2,1H3/p+1/t3-,4+. The Labute approximate surface area is 62.8 Å². The fourth-order valence-corrected chi connectivity index (χ4v) is 2.30. The molecule has 4 heteroatoms. The zero-order valence-electron chi connectivity index (χ0n) is 5.57. The van der Waals surface area contributed by atoms with Crippen LogP contribution in [0.25, 0.3) is 0 Å².